The van der Waals surface area contributed by atoms with Crippen molar-refractivity contribution in [1.29, 1.82) is 0 Å². The van der Waals surface area contributed by atoms with Crippen LogP contribution in [0.25, 0.3) is 10.9 Å². The number of nitrogens with two attached hydrogens (primary N) is 1. The smallest absolute Gasteiger partial charge is 0.0507 e. The predicted octanol–water partition coefficient (Wildman–Crippen LogP) is 2.94. The molecule has 0 aliphatic heterocycles. The maximum absolute atomic E-state index is 6.02. The molecule has 1 aromatic carbocycles. The Labute approximate surface area is 83.1 Å². The van der Waals surface area contributed by atoms with Crippen LogP contribution in [-0.2, 0) is 0 Å². The molecule has 0 saturated heterocycles. The summed E-state index contributed by atoms with van der Waals surface area (Å²) in [5, 5.41) is 1.26. The van der Waals surface area contributed by atoms with E-state index in [2.05, 4.69) is 24.2 Å². The van der Waals surface area contributed by atoms with Gasteiger partial charge in [-0.05, 0) is 42.9 Å². The second kappa shape index (κ2) is 2.53. The molecule has 3 rings (SSSR count). The predicted molar refractivity (Wildman–Crippen MR) is 59.4 cm³/mol. The van der Waals surface area contributed by atoms with Crippen molar-refractivity contribution in [3.05, 3.63) is 29.5 Å². The summed E-state index contributed by atoms with van der Waals surface area (Å²) < 4.78 is 0. The van der Waals surface area contributed by atoms with Crippen molar-refractivity contribution in [2.75, 3.05) is 5.73 Å². The van der Waals surface area contributed by atoms with Crippen molar-refractivity contribution in [3.8, 4) is 0 Å². The number of anilines is 1. The Morgan fingerprint density at radius 3 is 2.86 bits per heavy atom. The van der Waals surface area contributed by atoms with Crippen LogP contribution in [0.4, 0.5) is 5.69 Å². The molecule has 1 saturated carbocycles. The first-order valence-electron chi connectivity index (χ1n) is 5.13. The Balaban J connectivity index is 2.37. The number of hydrogen-bond donors (Lipinski definition) is 2. The van der Waals surface area contributed by atoms with Crippen molar-refractivity contribution in [3.63, 3.8) is 0 Å². The standard InChI is InChI=1S/C12H14N2/c1-7-2-5-10(13)11-9(8-3-4-8)6-14-12(7)11/h2,5-6,8,14H,3-4,13H2,1H3. The van der Waals surface area contributed by atoms with Crippen LogP contribution < -0.4 is 5.73 Å². The molecule has 0 atom stereocenters. The van der Waals surface area contributed by atoms with E-state index in [4.69, 9.17) is 5.73 Å². The minimum atomic E-state index is 0.757. The van der Waals surface area contributed by atoms with Gasteiger partial charge in [-0.1, -0.05) is 6.07 Å². The normalized spacial score (nSPS) is 16.4. The van der Waals surface area contributed by atoms with Gasteiger partial charge in [0.25, 0.3) is 0 Å². The molecule has 0 radical (unpaired) electrons. The largest absolute Gasteiger partial charge is 0.398 e. The summed E-state index contributed by atoms with van der Waals surface area (Å²) in [6.07, 6.45) is 4.77. The fourth-order valence-corrected chi connectivity index (χ4v) is 2.16. The summed E-state index contributed by atoms with van der Waals surface area (Å²) in [7, 11) is 0. The maximum Gasteiger partial charge on any atom is 0.0507 e. The van der Waals surface area contributed by atoms with Gasteiger partial charge in [-0.15, -0.1) is 0 Å². The highest BCUT2D eigenvalue weighted by molar-refractivity contribution is 5.96. The number of H-pyrrole nitrogens is 1. The van der Waals surface area contributed by atoms with Gasteiger partial charge >= 0.3 is 0 Å². The van der Waals surface area contributed by atoms with Gasteiger partial charge < -0.3 is 10.7 Å². The highest BCUT2D eigenvalue weighted by atomic mass is 14.7. The number of aromatic nitrogens is 1. The molecule has 1 heterocycles. The van der Waals surface area contributed by atoms with Crippen LogP contribution in [0.1, 0.15) is 29.9 Å². The number of benzene rings is 1. The van der Waals surface area contributed by atoms with Crippen molar-refractivity contribution in [1.82, 2.24) is 4.98 Å². The van der Waals surface area contributed by atoms with Crippen molar-refractivity contribution in [2.24, 2.45) is 0 Å². The van der Waals surface area contributed by atoms with E-state index in [1.807, 2.05) is 6.07 Å². The van der Waals surface area contributed by atoms with Gasteiger partial charge in [-0.25, -0.2) is 0 Å². The molecule has 0 spiro atoms. The lowest BCUT2D eigenvalue weighted by Crippen LogP contribution is -1.88. The number of aryl methyl sites for hydroxylation is 1. The van der Waals surface area contributed by atoms with E-state index in [1.54, 1.807) is 0 Å². The zero-order chi connectivity index (χ0) is 9.71. The van der Waals surface area contributed by atoms with Gasteiger partial charge in [-0.2, -0.15) is 0 Å². The number of hydrogen-bond acceptors (Lipinski definition) is 1. The zero-order valence-corrected chi connectivity index (χ0v) is 8.30. The van der Waals surface area contributed by atoms with Gasteiger partial charge in [0.05, 0.1) is 5.52 Å². The highest BCUT2D eigenvalue weighted by Crippen LogP contribution is 2.44. The van der Waals surface area contributed by atoms with Crippen LogP contribution in [-0.4, -0.2) is 4.98 Å². The highest BCUT2D eigenvalue weighted by Gasteiger charge is 2.27. The number of rotatable bonds is 1. The summed E-state index contributed by atoms with van der Waals surface area (Å²) in [5.41, 5.74) is 10.8. The minimum Gasteiger partial charge on any atom is -0.398 e. The molecule has 14 heavy (non-hydrogen) atoms. The molecule has 0 amide bonds. The van der Waals surface area contributed by atoms with Crippen LogP contribution in [0.2, 0.25) is 0 Å². The fraction of sp³-hybridized carbons (Fsp3) is 0.333. The van der Waals surface area contributed by atoms with E-state index in [1.165, 1.54) is 34.9 Å². The lowest BCUT2D eigenvalue weighted by atomic mass is 10.1. The summed E-state index contributed by atoms with van der Waals surface area (Å²) >= 11 is 0. The SMILES string of the molecule is Cc1ccc(N)c2c(C3CC3)c[nH]c12. The van der Waals surface area contributed by atoms with Gasteiger partial charge in [0, 0.05) is 17.3 Å². The van der Waals surface area contributed by atoms with E-state index < -0.39 is 0 Å². The minimum absolute atomic E-state index is 0.757. The third-order valence-electron chi connectivity index (χ3n) is 3.12. The molecule has 2 heteroatoms. The van der Waals surface area contributed by atoms with Crippen LogP contribution in [0.5, 0.6) is 0 Å². The molecule has 0 unspecified atom stereocenters. The quantitative estimate of drug-likeness (QED) is 0.660. The number of nitrogen functional groups attached to an aromatic ring is 1. The first-order valence-corrected chi connectivity index (χ1v) is 5.13. The summed E-state index contributed by atoms with van der Waals surface area (Å²) in [6, 6.07) is 4.09. The molecule has 2 nitrogen and oxygen atoms in total. The molecule has 1 fully saturated rings. The monoisotopic (exact) mass is 186 g/mol. The fourth-order valence-electron chi connectivity index (χ4n) is 2.16. The van der Waals surface area contributed by atoms with E-state index in [-0.39, 0.29) is 0 Å². The first-order chi connectivity index (χ1) is 6.77. The maximum atomic E-state index is 6.02. The average Bonchev–Trinajstić information content (AvgIpc) is 2.91. The van der Waals surface area contributed by atoms with Crippen LogP contribution >= 0.6 is 0 Å². The van der Waals surface area contributed by atoms with E-state index in [0.29, 0.717) is 0 Å². The molecular formula is C12H14N2. The molecule has 2 aromatic rings. The molecule has 1 aromatic heterocycles. The first kappa shape index (κ1) is 7.92. The molecule has 0 bridgehead atoms. The molecule has 3 N–H and O–H groups in total. The Morgan fingerprint density at radius 1 is 1.36 bits per heavy atom. The Kier molecular flexibility index (Phi) is 1.43. The second-order valence-corrected chi connectivity index (χ2v) is 4.24. The third-order valence-corrected chi connectivity index (χ3v) is 3.12. The van der Waals surface area contributed by atoms with E-state index >= 15 is 0 Å². The molecule has 72 valence electrons. The second-order valence-electron chi connectivity index (χ2n) is 4.24. The Morgan fingerprint density at radius 2 is 2.14 bits per heavy atom. The lowest BCUT2D eigenvalue weighted by Gasteiger charge is -2.02. The van der Waals surface area contributed by atoms with Crippen molar-refractivity contribution in [2.45, 2.75) is 25.7 Å². The molecule has 1 aliphatic carbocycles. The topological polar surface area (TPSA) is 41.8 Å². The van der Waals surface area contributed by atoms with Crippen LogP contribution in [0.3, 0.4) is 0 Å². The van der Waals surface area contributed by atoms with Gasteiger partial charge in [-0.3, -0.25) is 0 Å². The molecule has 1 aliphatic rings. The lowest BCUT2D eigenvalue weighted by molar-refractivity contribution is 1.15. The van der Waals surface area contributed by atoms with Gasteiger partial charge in [0.15, 0.2) is 0 Å². The average molecular weight is 186 g/mol. The zero-order valence-electron chi connectivity index (χ0n) is 8.30. The number of fused-ring (bicyclic) bond motifs is 1. The Hall–Kier alpha value is -1.44. The third kappa shape index (κ3) is 0.969. The summed E-state index contributed by atoms with van der Waals surface area (Å²) in [6.45, 7) is 2.12. The van der Waals surface area contributed by atoms with Crippen LogP contribution in [0.15, 0.2) is 18.3 Å². The van der Waals surface area contributed by atoms with Crippen molar-refractivity contribution >= 4 is 16.6 Å². The van der Waals surface area contributed by atoms with Gasteiger partial charge in [0.2, 0.25) is 0 Å². The van der Waals surface area contributed by atoms with Crippen molar-refractivity contribution < 1.29 is 0 Å². The molecular weight excluding hydrogens is 172 g/mol. The Bertz CT molecular complexity index is 492. The number of aromatic amines is 1. The summed E-state index contributed by atoms with van der Waals surface area (Å²) in [4.78, 5) is 3.34. The number of nitrogens with one attached hydrogen (secondary N) is 1. The van der Waals surface area contributed by atoms with Gasteiger partial charge in [0.1, 0.15) is 0 Å². The summed E-state index contributed by atoms with van der Waals surface area (Å²) in [5.74, 6) is 0.757. The van der Waals surface area contributed by atoms with E-state index in [9.17, 15) is 0 Å². The van der Waals surface area contributed by atoms with E-state index in [0.717, 1.165) is 11.6 Å². The van der Waals surface area contributed by atoms with Crippen LogP contribution in [0, 0.1) is 6.92 Å².